The molecule has 2 aromatic heterocycles. The molecule has 0 amide bonds. The Hall–Kier alpha value is -2.77. The molecule has 0 fully saturated rings. The number of benzene rings is 1. The first-order valence-corrected chi connectivity index (χ1v) is 5.47. The van der Waals surface area contributed by atoms with Crippen LogP contribution in [-0.4, -0.2) is 25.2 Å². The molecular formula is C11H9FN6O. The molecule has 0 aliphatic carbocycles. The summed E-state index contributed by atoms with van der Waals surface area (Å²) in [5.41, 5.74) is 0.996. The molecular weight excluding hydrogens is 251 g/mol. The highest BCUT2D eigenvalue weighted by atomic mass is 19.1. The Kier molecular flexibility index (Phi) is 2.89. The van der Waals surface area contributed by atoms with E-state index < -0.39 is 0 Å². The van der Waals surface area contributed by atoms with Crippen LogP contribution in [0.15, 0.2) is 41.5 Å². The third-order valence-corrected chi connectivity index (χ3v) is 2.50. The molecule has 8 heteroatoms. The fourth-order valence-electron chi connectivity index (χ4n) is 1.58. The van der Waals surface area contributed by atoms with E-state index in [0.717, 1.165) is 0 Å². The van der Waals surface area contributed by atoms with E-state index in [2.05, 4.69) is 25.8 Å². The Bertz CT molecular complexity index is 652. The number of oxazole rings is 1. The predicted octanol–water partition coefficient (Wildman–Crippen LogP) is 1.40. The maximum absolute atomic E-state index is 13.7. The molecule has 1 N–H and O–H groups in total. The summed E-state index contributed by atoms with van der Waals surface area (Å²) in [5.74, 6) is 0.253. The quantitative estimate of drug-likeness (QED) is 0.763. The fourth-order valence-corrected chi connectivity index (χ4v) is 1.58. The number of anilines is 1. The molecule has 0 saturated carbocycles. The highest BCUT2D eigenvalue weighted by Gasteiger charge is 2.06. The molecule has 0 atom stereocenters. The van der Waals surface area contributed by atoms with E-state index in [0.29, 0.717) is 23.7 Å². The molecule has 3 rings (SSSR count). The first-order chi connectivity index (χ1) is 9.33. The van der Waals surface area contributed by atoms with Crippen molar-refractivity contribution in [2.45, 2.75) is 6.54 Å². The van der Waals surface area contributed by atoms with Crippen LogP contribution in [0.2, 0.25) is 0 Å². The van der Waals surface area contributed by atoms with Crippen LogP contribution in [0.3, 0.4) is 0 Å². The van der Waals surface area contributed by atoms with Crippen molar-refractivity contribution < 1.29 is 8.81 Å². The van der Waals surface area contributed by atoms with Crippen molar-refractivity contribution in [3.63, 3.8) is 0 Å². The van der Waals surface area contributed by atoms with Crippen LogP contribution in [0.1, 0.15) is 5.76 Å². The van der Waals surface area contributed by atoms with Crippen LogP contribution in [0, 0.1) is 5.82 Å². The van der Waals surface area contributed by atoms with Crippen LogP contribution in [0.5, 0.6) is 0 Å². The predicted molar refractivity (Wildman–Crippen MR) is 62.9 cm³/mol. The number of hydrogen-bond donors (Lipinski definition) is 1. The third kappa shape index (κ3) is 2.41. The van der Waals surface area contributed by atoms with Gasteiger partial charge in [0, 0.05) is 0 Å². The van der Waals surface area contributed by atoms with Gasteiger partial charge in [-0.3, -0.25) is 0 Å². The van der Waals surface area contributed by atoms with E-state index >= 15 is 0 Å². The van der Waals surface area contributed by atoms with Crippen molar-refractivity contribution in [1.29, 1.82) is 0 Å². The van der Waals surface area contributed by atoms with Crippen LogP contribution < -0.4 is 5.32 Å². The largest absolute Gasteiger partial charge is 0.447 e. The van der Waals surface area contributed by atoms with Gasteiger partial charge >= 0.3 is 0 Å². The van der Waals surface area contributed by atoms with Crippen LogP contribution >= 0.6 is 0 Å². The van der Waals surface area contributed by atoms with Crippen LogP contribution in [-0.2, 0) is 6.54 Å². The number of aromatic nitrogens is 5. The smallest absolute Gasteiger partial charge is 0.180 e. The number of tetrazole rings is 1. The number of halogens is 1. The summed E-state index contributed by atoms with van der Waals surface area (Å²) in [6.07, 6.45) is 4.33. The molecule has 0 bridgehead atoms. The highest BCUT2D eigenvalue weighted by molar-refractivity contribution is 5.52. The second-order valence-electron chi connectivity index (χ2n) is 3.74. The molecule has 0 aliphatic heterocycles. The highest BCUT2D eigenvalue weighted by Crippen LogP contribution is 2.19. The second-order valence-corrected chi connectivity index (χ2v) is 3.74. The van der Waals surface area contributed by atoms with Gasteiger partial charge in [0.2, 0.25) is 0 Å². The number of nitrogens with zero attached hydrogens (tertiary/aromatic N) is 5. The Balaban J connectivity index is 1.82. The van der Waals surface area contributed by atoms with Crippen molar-refractivity contribution in [3.05, 3.63) is 48.7 Å². The second kappa shape index (κ2) is 4.84. The molecule has 96 valence electrons. The lowest BCUT2D eigenvalue weighted by Gasteiger charge is -2.07. The normalized spacial score (nSPS) is 10.6. The van der Waals surface area contributed by atoms with Gasteiger partial charge in [-0.05, 0) is 28.6 Å². The SMILES string of the molecule is Fc1ccc(-n2cnnn2)cc1NCc1cnco1. The Labute approximate surface area is 107 Å². The van der Waals surface area contributed by atoms with E-state index in [1.54, 1.807) is 18.3 Å². The van der Waals surface area contributed by atoms with E-state index in [-0.39, 0.29) is 5.82 Å². The zero-order valence-corrected chi connectivity index (χ0v) is 9.69. The minimum absolute atomic E-state index is 0.337. The van der Waals surface area contributed by atoms with E-state index in [1.807, 2.05) is 0 Å². The molecule has 0 unspecified atom stereocenters. The first-order valence-electron chi connectivity index (χ1n) is 5.47. The van der Waals surface area contributed by atoms with Gasteiger partial charge in [0.05, 0.1) is 24.1 Å². The summed E-state index contributed by atoms with van der Waals surface area (Å²) >= 11 is 0. The lowest BCUT2D eigenvalue weighted by Crippen LogP contribution is -2.03. The molecule has 3 aromatic rings. The minimum atomic E-state index is -0.365. The van der Waals surface area contributed by atoms with Gasteiger partial charge in [0.25, 0.3) is 0 Å². The van der Waals surface area contributed by atoms with Crippen molar-refractivity contribution >= 4 is 5.69 Å². The number of hydrogen-bond acceptors (Lipinski definition) is 6. The molecule has 0 spiro atoms. The standard InChI is InChI=1S/C11H9FN6O/c12-10-2-1-8(18-6-15-16-17-18)3-11(10)14-5-9-4-13-7-19-9/h1-4,6-7,14H,5H2. The molecule has 7 nitrogen and oxygen atoms in total. The zero-order chi connectivity index (χ0) is 13.1. The van der Waals surface area contributed by atoms with Gasteiger partial charge in [-0.15, -0.1) is 5.10 Å². The van der Waals surface area contributed by atoms with Crippen LogP contribution in [0.4, 0.5) is 10.1 Å². The van der Waals surface area contributed by atoms with E-state index in [9.17, 15) is 4.39 Å². The van der Waals surface area contributed by atoms with Gasteiger partial charge in [-0.25, -0.2) is 14.1 Å². The molecule has 19 heavy (non-hydrogen) atoms. The number of rotatable bonds is 4. The van der Waals surface area contributed by atoms with Crippen molar-refractivity contribution in [3.8, 4) is 5.69 Å². The van der Waals surface area contributed by atoms with Crippen molar-refractivity contribution in [1.82, 2.24) is 25.2 Å². The van der Waals surface area contributed by atoms with Gasteiger partial charge in [-0.2, -0.15) is 0 Å². The maximum atomic E-state index is 13.7. The Morgan fingerprint density at radius 1 is 1.37 bits per heavy atom. The van der Waals surface area contributed by atoms with Gasteiger partial charge < -0.3 is 9.73 Å². The van der Waals surface area contributed by atoms with E-state index in [1.165, 1.54) is 23.5 Å². The Morgan fingerprint density at radius 2 is 2.32 bits per heavy atom. The minimum Gasteiger partial charge on any atom is -0.447 e. The summed E-state index contributed by atoms with van der Waals surface area (Å²) < 4.78 is 20.2. The molecule has 0 aliphatic rings. The summed E-state index contributed by atoms with van der Waals surface area (Å²) in [7, 11) is 0. The lowest BCUT2D eigenvalue weighted by atomic mass is 10.2. The maximum Gasteiger partial charge on any atom is 0.180 e. The molecule has 1 aromatic carbocycles. The third-order valence-electron chi connectivity index (χ3n) is 2.50. The summed E-state index contributed by atoms with van der Waals surface area (Å²) in [5, 5.41) is 13.7. The first kappa shape index (κ1) is 11.3. The number of nitrogens with one attached hydrogen (secondary N) is 1. The van der Waals surface area contributed by atoms with Crippen LogP contribution in [0.25, 0.3) is 5.69 Å². The van der Waals surface area contributed by atoms with Gasteiger partial charge in [0.1, 0.15) is 17.9 Å². The van der Waals surface area contributed by atoms with Crippen molar-refractivity contribution in [2.24, 2.45) is 0 Å². The average molecular weight is 260 g/mol. The lowest BCUT2D eigenvalue weighted by molar-refractivity contribution is 0.511. The summed E-state index contributed by atoms with van der Waals surface area (Å²) in [6.45, 7) is 0.343. The average Bonchev–Trinajstić information content (AvgIpc) is 3.11. The van der Waals surface area contributed by atoms with Crippen molar-refractivity contribution in [2.75, 3.05) is 5.32 Å². The van der Waals surface area contributed by atoms with Gasteiger partial charge in [-0.1, -0.05) is 0 Å². The summed E-state index contributed by atoms with van der Waals surface area (Å²) in [4.78, 5) is 3.78. The van der Waals surface area contributed by atoms with E-state index in [4.69, 9.17) is 4.42 Å². The topological polar surface area (TPSA) is 81.7 Å². The van der Waals surface area contributed by atoms with Gasteiger partial charge in [0.15, 0.2) is 6.39 Å². The Morgan fingerprint density at radius 3 is 3.05 bits per heavy atom. The molecule has 0 radical (unpaired) electrons. The molecule has 2 heterocycles. The summed E-state index contributed by atoms with van der Waals surface area (Å²) in [6, 6.07) is 4.55. The molecule has 0 saturated heterocycles. The monoisotopic (exact) mass is 260 g/mol. The fraction of sp³-hybridized carbons (Fsp3) is 0.0909. The zero-order valence-electron chi connectivity index (χ0n) is 9.69.